The van der Waals surface area contributed by atoms with E-state index in [4.69, 9.17) is 4.74 Å². The van der Waals surface area contributed by atoms with Gasteiger partial charge in [-0.05, 0) is 35.9 Å². The van der Waals surface area contributed by atoms with Crippen LogP contribution >= 0.6 is 0 Å². The predicted molar refractivity (Wildman–Crippen MR) is 86.5 cm³/mol. The van der Waals surface area contributed by atoms with E-state index in [2.05, 4.69) is 48.1 Å². The van der Waals surface area contributed by atoms with Gasteiger partial charge in [0, 0.05) is 0 Å². The molecule has 112 valence electrons. The number of rotatable bonds is 5. The van der Waals surface area contributed by atoms with Gasteiger partial charge < -0.3 is 9.53 Å². The summed E-state index contributed by atoms with van der Waals surface area (Å²) in [6.45, 7) is 21.0. The van der Waals surface area contributed by atoms with Crippen LogP contribution in [0.1, 0.15) is 61.8 Å². The second-order valence-electron chi connectivity index (χ2n) is 7.47. The second-order valence-corrected chi connectivity index (χ2v) is 12.3. The molecule has 0 bridgehead atoms. The smallest absolute Gasteiger partial charge is 0.270 e. The summed E-state index contributed by atoms with van der Waals surface area (Å²) >= 11 is 0. The van der Waals surface area contributed by atoms with Crippen LogP contribution in [0.4, 0.5) is 0 Å². The molecule has 1 N–H and O–H groups in total. The summed E-state index contributed by atoms with van der Waals surface area (Å²) in [5.74, 6) is 0. The van der Waals surface area contributed by atoms with Crippen molar-refractivity contribution in [3.63, 3.8) is 0 Å². The molecule has 3 heteroatoms. The SMILES string of the molecule is C=CCCOC(=C(C)C)[Si](O)(C(C)(C)C)C(C)(C)C. The van der Waals surface area contributed by atoms with Crippen LogP contribution in [0.3, 0.4) is 0 Å². The van der Waals surface area contributed by atoms with Crippen molar-refractivity contribution in [3.05, 3.63) is 23.6 Å². The molecular weight excluding hydrogens is 252 g/mol. The third kappa shape index (κ3) is 3.96. The van der Waals surface area contributed by atoms with E-state index in [0.717, 1.165) is 17.4 Å². The molecule has 0 spiro atoms. The van der Waals surface area contributed by atoms with Crippen LogP contribution in [0.25, 0.3) is 0 Å². The average molecular weight is 285 g/mol. The summed E-state index contributed by atoms with van der Waals surface area (Å²) in [5.41, 5.74) is 1.09. The Morgan fingerprint density at radius 2 is 1.53 bits per heavy atom. The molecule has 0 aliphatic heterocycles. The molecule has 0 saturated heterocycles. The molecule has 0 aromatic carbocycles. The fourth-order valence-electron chi connectivity index (χ4n) is 2.66. The zero-order chi connectivity index (χ0) is 15.5. The van der Waals surface area contributed by atoms with Gasteiger partial charge in [0.25, 0.3) is 8.32 Å². The second kappa shape index (κ2) is 6.27. The van der Waals surface area contributed by atoms with Crippen LogP contribution < -0.4 is 0 Å². The number of allylic oxidation sites excluding steroid dienone is 1. The normalized spacial score (nSPS) is 13.1. The first-order valence-corrected chi connectivity index (χ1v) is 8.98. The van der Waals surface area contributed by atoms with Crippen molar-refractivity contribution < 1.29 is 9.53 Å². The third-order valence-electron chi connectivity index (χ3n) is 3.52. The lowest BCUT2D eigenvalue weighted by Crippen LogP contribution is -2.55. The van der Waals surface area contributed by atoms with Crippen LogP contribution in [-0.4, -0.2) is 19.7 Å². The molecular formula is C16H32O2Si. The standard InChI is InChI=1S/C16H32O2Si/c1-10-11-12-18-14(13(2)3)19(17,15(4,5)6)16(7,8)9/h10,17H,1,11-12H2,2-9H3. The number of hydrogen-bond acceptors (Lipinski definition) is 2. The lowest BCUT2D eigenvalue weighted by atomic mass is 10.2. The number of hydrogen-bond donors (Lipinski definition) is 1. The summed E-state index contributed by atoms with van der Waals surface area (Å²) in [5, 5.41) is 0.493. The number of ether oxygens (including phenoxy) is 1. The topological polar surface area (TPSA) is 29.5 Å². The van der Waals surface area contributed by atoms with Crippen molar-refractivity contribution in [2.24, 2.45) is 0 Å². The monoisotopic (exact) mass is 284 g/mol. The summed E-state index contributed by atoms with van der Waals surface area (Å²) < 4.78 is 5.98. The zero-order valence-electron chi connectivity index (χ0n) is 14.1. The van der Waals surface area contributed by atoms with Crippen LogP contribution in [0.5, 0.6) is 0 Å². The highest BCUT2D eigenvalue weighted by molar-refractivity contribution is 6.84. The van der Waals surface area contributed by atoms with E-state index in [1.165, 1.54) is 0 Å². The minimum Gasteiger partial charge on any atom is -0.500 e. The van der Waals surface area contributed by atoms with Crippen LogP contribution in [0.15, 0.2) is 23.6 Å². The summed E-state index contributed by atoms with van der Waals surface area (Å²) in [7, 11) is -2.77. The molecule has 0 unspecified atom stereocenters. The fraction of sp³-hybridized carbons (Fsp3) is 0.750. The zero-order valence-corrected chi connectivity index (χ0v) is 15.1. The Morgan fingerprint density at radius 3 is 1.79 bits per heavy atom. The predicted octanol–water partition coefficient (Wildman–Crippen LogP) is 4.95. The van der Waals surface area contributed by atoms with Gasteiger partial charge in [-0.2, -0.15) is 0 Å². The Labute approximate surface area is 120 Å². The van der Waals surface area contributed by atoms with Crippen molar-refractivity contribution in [2.45, 2.75) is 71.9 Å². The highest BCUT2D eigenvalue weighted by Crippen LogP contribution is 2.53. The van der Waals surface area contributed by atoms with Crippen molar-refractivity contribution >= 4 is 8.32 Å². The van der Waals surface area contributed by atoms with Crippen LogP contribution in [-0.2, 0) is 4.74 Å². The largest absolute Gasteiger partial charge is 0.500 e. The maximum Gasteiger partial charge on any atom is 0.270 e. The molecule has 19 heavy (non-hydrogen) atoms. The molecule has 0 aromatic rings. The molecule has 0 aliphatic rings. The van der Waals surface area contributed by atoms with Crippen molar-refractivity contribution in [1.29, 1.82) is 0 Å². The molecule has 0 heterocycles. The Hall–Kier alpha value is -0.543. The molecule has 0 rings (SSSR count). The molecule has 0 aromatic heterocycles. The van der Waals surface area contributed by atoms with Gasteiger partial charge in [-0.1, -0.05) is 47.6 Å². The molecule has 0 radical (unpaired) electrons. The molecule has 0 saturated carbocycles. The van der Waals surface area contributed by atoms with E-state index < -0.39 is 8.32 Å². The maximum atomic E-state index is 11.5. The molecule has 0 fully saturated rings. The Morgan fingerprint density at radius 1 is 1.11 bits per heavy atom. The van der Waals surface area contributed by atoms with E-state index >= 15 is 0 Å². The molecule has 0 amide bonds. The molecule has 0 aliphatic carbocycles. The van der Waals surface area contributed by atoms with Gasteiger partial charge >= 0.3 is 0 Å². The fourth-order valence-corrected chi connectivity index (χ4v) is 7.31. The quantitative estimate of drug-likeness (QED) is 0.335. The van der Waals surface area contributed by atoms with E-state index in [0.29, 0.717) is 6.61 Å². The minimum atomic E-state index is -2.77. The summed E-state index contributed by atoms with van der Waals surface area (Å²) in [4.78, 5) is 11.5. The van der Waals surface area contributed by atoms with Crippen LogP contribution in [0, 0.1) is 0 Å². The minimum absolute atomic E-state index is 0.175. The van der Waals surface area contributed by atoms with E-state index in [-0.39, 0.29) is 10.1 Å². The van der Waals surface area contributed by atoms with Gasteiger partial charge in [0.1, 0.15) is 5.38 Å². The Kier molecular flexibility index (Phi) is 6.09. The first kappa shape index (κ1) is 18.5. The Balaban J connectivity index is 5.70. The third-order valence-corrected chi connectivity index (χ3v) is 9.17. The highest BCUT2D eigenvalue weighted by Gasteiger charge is 2.57. The Bertz CT molecular complexity index is 325. The lowest BCUT2D eigenvalue weighted by molar-refractivity contribution is 0.214. The van der Waals surface area contributed by atoms with E-state index in [1.807, 2.05) is 19.9 Å². The van der Waals surface area contributed by atoms with Crippen LogP contribution in [0.2, 0.25) is 10.1 Å². The summed E-state index contributed by atoms with van der Waals surface area (Å²) in [6.07, 6.45) is 2.65. The molecule has 2 nitrogen and oxygen atoms in total. The average Bonchev–Trinajstić information content (AvgIpc) is 2.19. The van der Waals surface area contributed by atoms with Crippen molar-refractivity contribution in [2.75, 3.05) is 6.61 Å². The van der Waals surface area contributed by atoms with E-state index in [9.17, 15) is 4.80 Å². The first-order chi connectivity index (χ1) is 8.39. The van der Waals surface area contributed by atoms with Gasteiger partial charge in [-0.25, -0.2) is 0 Å². The summed E-state index contributed by atoms with van der Waals surface area (Å²) in [6, 6.07) is 0. The highest BCUT2D eigenvalue weighted by atomic mass is 28.4. The van der Waals surface area contributed by atoms with Gasteiger partial charge in [-0.15, -0.1) is 6.58 Å². The van der Waals surface area contributed by atoms with Gasteiger partial charge in [-0.3, -0.25) is 0 Å². The van der Waals surface area contributed by atoms with Crippen molar-refractivity contribution in [3.8, 4) is 0 Å². The van der Waals surface area contributed by atoms with Gasteiger partial charge in [0.05, 0.1) is 6.61 Å². The van der Waals surface area contributed by atoms with E-state index in [1.54, 1.807) is 0 Å². The first-order valence-electron chi connectivity index (χ1n) is 7.03. The molecule has 0 atom stereocenters. The lowest BCUT2D eigenvalue weighted by Gasteiger charge is -2.47. The van der Waals surface area contributed by atoms with Gasteiger partial charge in [0.15, 0.2) is 0 Å². The maximum absolute atomic E-state index is 11.5. The van der Waals surface area contributed by atoms with Crippen molar-refractivity contribution in [1.82, 2.24) is 0 Å². The van der Waals surface area contributed by atoms with Gasteiger partial charge in [0.2, 0.25) is 0 Å².